The molecule has 0 unspecified atom stereocenters. The van der Waals surface area contributed by atoms with Crippen LogP contribution in [-0.4, -0.2) is 24.5 Å². The highest BCUT2D eigenvalue weighted by Gasteiger charge is 2.04. The third kappa shape index (κ3) is 16.5. The molecule has 3 heteroatoms. The van der Waals surface area contributed by atoms with E-state index in [1.807, 2.05) is 13.8 Å². The molecule has 0 aromatic rings. The number of alkyl halides is 2. The molecule has 0 heterocycles. The van der Waals surface area contributed by atoms with Crippen LogP contribution in [0.15, 0.2) is 0 Å². The van der Waals surface area contributed by atoms with Crippen LogP contribution in [-0.2, 0) is 4.74 Å². The van der Waals surface area contributed by atoms with Gasteiger partial charge in [0.25, 0.3) is 0 Å². The van der Waals surface area contributed by atoms with Crippen LogP contribution in [0.3, 0.4) is 0 Å². The topological polar surface area (TPSA) is 9.23 Å². The molecule has 1 nitrogen and oxygen atoms in total. The van der Waals surface area contributed by atoms with Crippen LogP contribution in [0, 0.1) is 0 Å². The van der Waals surface area contributed by atoms with E-state index in [1.54, 1.807) is 0 Å². The summed E-state index contributed by atoms with van der Waals surface area (Å²) in [5, 5.41) is 0. The van der Waals surface area contributed by atoms with Crippen LogP contribution < -0.4 is 0 Å². The molecule has 0 radical (unpaired) electrons. The molecule has 0 amide bonds. The molecule has 0 fully saturated rings. The second kappa shape index (κ2) is 18.9. The fraction of sp³-hybridized carbons (Fsp3) is 1.00. The summed E-state index contributed by atoms with van der Waals surface area (Å²) in [5.74, 6) is 1.00. The Bertz CT molecular complexity index is 117. The molecule has 0 aliphatic heterocycles. The smallest absolute Gasteiger partial charge is 0.0845 e. The van der Waals surface area contributed by atoms with E-state index in [0.717, 1.165) is 13.0 Å². The van der Waals surface area contributed by atoms with Crippen molar-refractivity contribution in [3.8, 4) is 0 Å². The Balaban J connectivity index is 0. The van der Waals surface area contributed by atoms with E-state index in [-0.39, 0.29) is 6.10 Å². The molecule has 0 aromatic carbocycles. The molecule has 106 valence electrons. The van der Waals surface area contributed by atoms with Gasteiger partial charge in [-0.05, 0) is 6.42 Å². The van der Waals surface area contributed by atoms with Crippen LogP contribution in [0.1, 0.15) is 65.7 Å². The van der Waals surface area contributed by atoms with Gasteiger partial charge >= 0.3 is 0 Å². The number of rotatable bonds is 11. The summed E-state index contributed by atoms with van der Waals surface area (Å²) < 4.78 is 5.50. The van der Waals surface area contributed by atoms with Gasteiger partial charge in [-0.15, -0.1) is 23.2 Å². The summed E-state index contributed by atoms with van der Waals surface area (Å²) in [5.41, 5.74) is 0. The summed E-state index contributed by atoms with van der Waals surface area (Å²) in [6.07, 6.45) is 9.19. The van der Waals surface area contributed by atoms with Crippen molar-refractivity contribution < 1.29 is 4.74 Å². The van der Waals surface area contributed by atoms with Gasteiger partial charge in [-0.3, -0.25) is 0 Å². The lowest BCUT2D eigenvalue weighted by molar-refractivity contribution is 0.0800. The molecule has 0 atom stereocenters. The van der Waals surface area contributed by atoms with E-state index >= 15 is 0 Å². The molecular formula is C14H30Cl2O. The SMILES string of the molecule is CC.CCCCCCCCCOC(CCl)CCl. The molecular weight excluding hydrogens is 255 g/mol. The van der Waals surface area contributed by atoms with Crippen LogP contribution in [0.4, 0.5) is 0 Å². The Morgan fingerprint density at radius 3 is 1.76 bits per heavy atom. The Morgan fingerprint density at radius 2 is 1.29 bits per heavy atom. The van der Waals surface area contributed by atoms with Crippen molar-refractivity contribution >= 4 is 23.2 Å². The van der Waals surface area contributed by atoms with Crippen molar-refractivity contribution in [2.45, 2.75) is 71.8 Å². The molecule has 17 heavy (non-hydrogen) atoms. The zero-order valence-electron chi connectivity index (χ0n) is 11.8. The summed E-state index contributed by atoms with van der Waals surface area (Å²) >= 11 is 11.3. The molecule has 0 N–H and O–H groups in total. The molecule has 0 aliphatic carbocycles. The van der Waals surface area contributed by atoms with E-state index in [4.69, 9.17) is 27.9 Å². The lowest BCUT2D eigenvalue weighted by Crippen LogP contribution is -2.17. The van der Waals surface area contributed by atoms with Crippen molar-refractivity contribution in [3.05, 3.63) is 0 Å². The van der Waals surface area contributed by atoms with Crippen LogP contribution in [0.5, 0.6) is 0 Å². The first-order chi connectivity index (χ1) is 8.35. The Labute approximate surface area is 118 Å². The first-order valence-electron chi connectivity index (χ1n) is 7.08. The Kier molecular flexibility index (Phi) is 22.1. The van der Waals surface area contributed by atoms with Crippen molar-refractivity contribution in [2.75, 3.05) is 18.4 Å². The molecule has 0 spiro atoms. The van der Waals surface area contributed by atoms with Gasteiger partial charge in [0.2, 0.25) is 0 Å². The van der Waals surface area contributed by atoms with Crippen LogP contribution in [0.2, 0.25) is 0 Å². The van der Waals surface area contributed by atoms with Crippen molar-refractivity contribution in [2.24, 2.45) is 0 Å². The first kappa shape index (κ1) is 19.9. The lowest BCUT2D eigenvalue weighted by atomic mass is 10.1. The normalized spacial score (nSPS) is 10.2. The minimum absolute atomic E-state index is 0.0356. The van der Waals surface area contributed by atoms with E-state index in [1.165, 1.54) is 38.5 Å². The Hall–Kier alpha value is 0.540. The van der Waals surface area contributed by atoms with Gasteiger partial charge in [-0.2, -0.15) is 0 Å². The zero-order valence-corrected chi connectivity index (χ0v) is 13.3. The van der Waals surface area contributed by atoms with E-state index in [2.05, 4.69) is 6.92 Å². The minimum Gasteiger partial charge on any atom is -0.376 e. The summed E-state index contributed by atoms with van der Waals surface area (Å²) in [4.78, 5) is 0. The Morgan fingerprint density at radius 1 is 0.824 bits per heavy atom. The lowest BCUT2D eigenvalue weighted by Gasteiger charge is -2.11. The predicted molar refractivity (Wildman–Crippen MR) is 80.5 cm³/mol. The van der Waals surface area contributed by atoms with Crippen molar-refractivity contribution in [1.82, 2.24) is 0 Å². The van der Waals surface area contributed by atoms with Gasteiger partial charge < -0.3 is 4.74 Å². The maximum atomic E-state index is 5.66. The van der Waals surface area contributed by atoms with Crippen molar-refractivity contribution in [3.63, 3.8) is 0 Å². The number of unbranched alkanes of at least 4 members (excludes halogenated alkanes) is 6. The fourth-order valence-electron chi connectivity index (χ4n) is 1.44. The summed E-state index contributed by atoms with van der Waals surface area (Å²) in [6.45, 7) is 7.05. The number of hydrogen-bond acceptors (Lipinski definition) is 1. The molecule has 0 bridgehead atoms. The number of ether oxygens (including phenoxy) is 1. The zero-order chi connectivity index (χ0) is 13.4. The van der Waals surface area contributed by atoms with Crippen LogP contribution >= 0.6 is 23.2 Å². The molecule has 0 saturated heterocycles. The first-order valence-corrected chi connectivity index (χ1v) is 8.15. The quantitative estimate of drug-likeness (QED) is 0.353. The largest absolute Gasteiger partial charge is 0.376 e. The second-order valence-electron chi connectivity index (χ2n) is 3.92. The average Bonchev–Trinajstić information content (AvgIpc) is 2.39. The molecule has 0 saturated carbocycles. The van der Waals surface area contributed by atoms with Crippen LogP contribution in [0.25, 0.3) is 0 Å². The highest BCUT2D eigenvalue weighted by Crippen LogP contribution is 2.07. The number of hydrogen-bond donors (Lipinski definition) is 0. The third-order valence-electron chi connectivity index (χ3n) is 2.45. The highest BCUT2D eigenvalue weighted by molar-refractivity contribution is 6.21. The van der Waals surface area contributed by atoms with E-state index in [0.29, 0.717) is 11.8 Å². The van der Waals surface area contributed by atoms with Gasteiger partial charge in [0, 0.05) is 18.4 Å². The van der Waals surface area contributed by atoms with Gasteiger partial charge in [-0.1, -0.05) is 59.3 Å². The summed E-state index contributed by atoms with van der Waals surface area (Å²) in [7, 11) is 0. The summed E-state index contributed by atoms with van der Waals surface area (Å²) in [6, 6.07) is 0. The predicted octanol–water partition coefficient (Wildman–Crippen LogP) is 5.63. The highest BCUT2D eigenvalue weighted by atomic mass is 35.5. The minimum atomic E-state index is 0.0356. The maximum Gasteiger partial charge on any atom is 0.0845 e. The average molecular weight is 285 g/mol. The monoisotopic (exact) mass is 284 g/mol. The van der Waals surface area contributed by atoms with Gasteiger partial charge in [0.05, 0.1) is 6.10 Å². The van der Waals surface area contributed by atoms with Gasteiger partial charge in [0.15, 0.2) is 0 Å². The fourth-order valence-corrected chi connectivity index (χ4v) is 1.95. The molecule has 0 aromatic heterocycles. The number of halogens is 2. The van der Waals surface area contributed by atoms with E-state index in [9.17, 15) is 0 Å². The standard InChI is InChI=1S/C12H24Cl2O.C2H6/c1-2-3-4-5-6-7-8-9-15-12(10-13)11-14;1-2/h12H,2-11H2,1H3;1-2H3. The van der Waals surface area contributed by atoms with Gasteiger partial charge in [-0.25, -0.2) is 0 Å². The third-order valence-corrected chi connectivity index (χ3v) is 3.13. The van der Waals surface area contributed by atoms with E-state index < -0.39 is 0 Å². The van der Waals surface area contributed by atoms with Gasteiger partial charge in [0.1, 0.15) is 0 Å². The molecule has 0 aliphatic rings. The van der Waals surface area contributed by atoms with Crippen molar-refractivity contribution in [1.29, 1.82) is 0 Å². The molecule has 0 rings (SSSR count). The maximum absolute atomic E-state index is 5.66. The second-order valence-corrected chi connectivity index (χ2v) is 4.54.